The molecule has 0 bridgehead atoms. The van der Waals surface area contributed by atoms with Gasteiger partial charge in [-0.25, -0.2) is 0 Å². The van der Waals surface area contributed by atoms with E-state index in [2.05, 4.69) is 24.2 Å². The number of nitroso groups, excluding NO2 is 1. The first kappa shape index (κ1) is 10.8. The van der Waals surface area contributed by atoms with Gasteiger partial charge in [-0.15, -0.1) is 4.91 Å². The van der Waals surface area contributed by atoms with E-state index in [0.29, 0.717) is 11.6 Å². The summed E-state index contributed by atoms with van der Waals surface area (Å²) in [4.78, 5) is 15.6. The lowest BCUT2D eigenvalue weighted by Gasteiger charge is -2.10. The molecule has 0 saturated carbocycles. The van der Waals surface area contributed by atoms with Gasteiger partial charge >= 0.3 is 0 Å². The van der Waals surface area contributed by atoms with Crippen LogP contribution in [0, 0.1) is 10.8 Å². The fourth-order valence-electron chi connectivity index (χ4n) is 1.64. The van der Waals surface area contributed by atoms with Crippen molar-refractivity contribution in [2.24, 2.45) is 16.3 Å². The van der Waals surface area contributed by atoms with Crippen LogP contribution in [0.4, 0.5) is 5.69 Å². The molecule has 4 nitrogen and oxygen atoms in total. The van der Waals surface area contributed by atoms with Crippen molar-refractivity contribution < 1.29 is 4.84 Å². The summed E-state index contributed by atoms with van der Waals surface area (Å²) in [7, 11) is 0. The van der Waals surface area contributed by atoms with Gasteiger partial charge in [-0.1, -0.05) is 31.1 Å². The van der Waals surface area contributed by atoms with Crippen molar-refractivity contribution in [3.63, 3.8) is 0 Å². The highest BCUT2D eigenvalue weighted by Crippen LogP contribution is 2.23. The second-order valence-corrected chi connectivity index (χ2v) is 4.27. The van der Waals surface area contributed by atoms with Crippen LogP contribution in [0.2, 0.25) is 0 Å². The number of rotatable bonds is 3. The first-order chi connectivity index (χ1) is 7.70. The lowest BCUT2D eigenvalue weighted by atomic mass is 9.98. The molecule has 4 heteroatoms. The van der Waals surface area contributed by atoms with Crippen LogP contribution in [-0.2, 0) is 4.84 Å². The van der Waals surface area contributed by atoms with Crippen LogP contribution >= 0.6 is 0 Å². The molecule has 0 radical (unpaired) electrons. The predicted octanol–water partition coefficient (Wildman–Crippen LogP) is 3.23. The molecule has 0 fully saturated rings. The van der Waals surface area contributed by atoms with E-state index in [0.717, 1.165) is 17.7 Å². The smallest absolute Gasteiger partial charge is 0.135 e. The molecule has 0 aliphatic carbocycles. The van der Waals surface area contributed by atoms with E-state index in [1.54, 1.807) is 12.1 Å². The number of nitrogens with zero attached hydrogens (tertiary/aromatic N) is 2. The maximum Gasteiger partial charge on any atom is 0.135 e. The van der Waals surface area contributed by atoms with Crippen LogP contribution in [-0.4, -0.2) is 11.8 Å². The van der Waals surface area contributed by atoms with E-state index < -0.39 is 0 Å². The van der Waals surface area contributed by atoms with Crippen molar-refractivity contribution in [3.05, 3.63) is 34.7 Å². The number of hydrogen-bond donors (Lipinski definition) is 0. The first-order valence-electron chi connectivity index (χ1n) is 5.37. The van der Waals surface area contributed by atoms with Crippen LogP contribution in [0.15, 0.2) is 34.6 Å². The maximum atomic E-state index is 10.3. The lowest BCUT2D eigenvalue weighted by Crippen LogP contribution is -2.15. The van der Waals surface area contributed by atoms with Gasteiger partial charge in [0, 0.05) is 6.42 Å². The summed E-state index contributed by atoms with van der Waals surface area (Å²) in [5.74, 6) is 0.456. The van der Waals surface area contributed by atoms with E-state index in [1.807, 2.05) is 12.1 Å². The highest BCUT2D eigenvalue weighted by Gasteiger charge is 2.24. The Morgan fingerprint density at radius 2 is 2.06 bits per heavy atom. The topological polar surface area (TPSA) is 51.0 Å². The Hall–Kier alpha value is -1.71. The van der Waals surface area contributed by atoms with Crippen LogP contribution < -0.4 is 0 Å². The number of hydrogen-bond acceptors (Lipinski definition) is 4. The molecule has 0 saturated heterocycles. The van der Waals surface area contributed by atoms with Gasteiger partial charge in [0.05, 0.1) is 5.71 Å². The SMILES string of the molecule is CC(C)C1CC(c2ccc(N=O)cc2)=NO1. The lowest BCUT2D eigenvalue weighted by molar-refractivity contribution is 0.0521. The Morgan fingerprint density at radius 3 is 2.56 bits per heavy atom. The molecule has 84 valence electrons. The van der Waals surface area contributed by atoms with Crippen molar-refractivity contribution in [1.82, 2.24) is 0 Å². The van der Waals surface area contributed by atoms with Gasteiger partial charge in [-0.2, -0.15) is 0 Å². The molecule has 1 aliphatic heterocycles. The highest BCUT2D eigenvalue weighted by atomic mass is 16.6. The number of oxime groups is 1. The molecule has 0 amide bonds. The fraction of sp³-hybridized carbons (Fsp3) is 0.417. The van der Waals surface area contributed by atoms with Gasteiger partial charge in [-0.3, -0.25) is 0 Å². The Morgan fingerprint density at radius 1 is 1.38 bits per heavy atom. The Balaban J connectivity index is 2.11. The van der Waals surface area contributed by atoms with Gasteiger partial charge in [0.1, 0.15) is 11.8 Å². The summed E-state index contributed by atoms with van der Waals surface area (Å²) < 4.78 is 0. The zero-order chi connectivity index (χ0) is 11.5. The second-order valence-electron chi connectivity index (χ2n) is 4.27. The van der Waals surface area contributed by atoms with Crippen LogP contribution in [0.25, 0.3) is 0 Å². The first-order valence-corrected chi connectivity index (χ1v) is 5.37. The molecule has 0 N–H and O–H groups in total. The van der Waals surface area contributed by atoms with Crippen molar-refractivity contribution in [2.45, 2.75) is 26.4 Å². The van der Waals surface area contributed by atoms with E-state index >= 15 is 0 Å². The molecule has 1 heterocycles. The maximum absolute atomic E-state index is 10.3. The third-order valence-electron chi connectivity index (χ3n) is 2.74. The van der Waals surface area contributed by atoms with Gasteiger partial charge in [0.2, 0.25) is 0 Å². The fourth-order valence-corrected chi connectivity index (χ4v) is 1.64. The van der Waals surface area contributed by atoms with Crippen molar-refractivity contribution in [1.29, 1.82) is 0 Å². The Labute approximate surface area is 94.3 Å². The molecule has 1 aliphatic rings. The van der Waals surface area contributed by atoms with Crippen molar-refractivity contribution in [3.8, 4) is 0 Å². The Bertz CT molecular complexity index is 410. The third-order valence-corrected chi connectivity index (χ3v) is 2.74. The third kappa shape index (κ3) is 2.10. The van der Waals surface area contributed by atoms with Gasteiger partial charge in [0.25, 0.3) is 0 Å². The van der Waals surface area contributed by atoms with Gasteiger partial charge in [0.15, 0.2) is 0 Å². The molecule has 1 aromatic carbocycles. The summed E-state index contributed by atoms with van der Waals surface area (Å²) in [6.45, 7) is 4.23. The predicted molar refractivity (Wildman–Crippen MR) is 62.8 cm³/mol. The Kier molecular flexibility index (Phi) is 2.99. The molecule has 1 aromatic rings. The zero-order valence-electron chi connectivity index (χ0n) is 9.38. The van der Waals surface area contributed by atoms with Crippen LogP contribution in [0.5, 0.6) is 0 Å². The minimum absolute atomic E-state index is 0.166. The quantitative estimate of drug-likeness (QED) is 0.731. The van der Waals surface area contributed by atoms with Crippen LogP contribution in [0.1, 0.15) is 25.8 Å². The monoisotopic (exact) mass is 218 g/mol. The molecule has 2 rings (SSSR count). The second kappa shape index (κ2) is 4.43. The van der Waals surface area contributed by atoms with E-state index in [4.69, 9.17) is 4.84 Å². The van der Waals surface area contributed by atoms with E-state index in [-0.39, 0.29) is 6.10 Å². The minimum atomic E-state index is 0.166. The summed E-state index contributed by atoms with van der Waals surface area (Å²) >= 11 is 0. The summed E-state index contributed by atoms with van der Waals surface area (Å²) in [5, 5.41) is 6.93. The van der Waals surface area contributed by atoms with E-state index in [9.17, 15) is 4.91 Å². The van der Waals surface area contributed by atoms with E-state index in [1.165, 1.54) is 0 Å². The molecule has 16 heavy (non-hydrogen) atoms. The standard InChI is InChI=1S/C12H14N2O2/c1-8(2)12-7-11(14-16-12)9-3-5-10(13-15)6-4-9/h3-6,8,12H,7H2,1-2H3. The van der Waals surface area contributed by atoms with Crippen LogP contribution in [0.3, 0.4) is 0 Å². The van der Waals surface area contributed by atoms with Crippen molar-refractivity contribution in [2.75, 3.05) is 0 Å². The summed E-state index contributed by atoms with van der Waals surface area (Å²) in [5.41, 5.74) is 2.37. The largest absolute Gasteiger partial charge is 0.392 e. The molecule has 1 unspecified atom stereocenters. The van der Waals surface area contributed by atoms with Gasteiger partial charge < -0.3 is 4.84 Å². The van der Waals surface area contributed by atoms with Crippen molar-refractivity contribution >= 4 is 11.4 Å². The molecule has 0 spiro atoms. The molecule has 1 atom stereocenters. The zero-order valence-corrected chi connectivity index (χ0v) is 9.38. The summed E-state index contributed by atoms with van der Waals surface area (Å²) in [6, 6.07) is 7.07. The average molecular weight is 218 g/mol. The molecular weight excluding hydrogens is 204 g/mol. The number of benzene rings is 1. The molecular formula is C12H14N2O2. The normalized spacial score (nSPS) is 19.4. The average Bonchev–Trinajstić information content (AvgIpc) is 2.78. The highest BCUT2D eigenvalue weighted by molar-refractivity contribution is 6.01. The summed E-state index contributed by atoms with van der Waals surface area (Å²) in [6.07, 6.45) is 0.991. The minimum Gasteiger partial charge on any atom is -0.392 e. The molecule has 0 aromatic heterocycles. The van der Waals surface area contributed by atoms with Gasteiger partial charge in [-0.05, 0) is 28.8 Å².